The molecule has 3 rings (SSSR count). The fraction of sp³-hybridized carbons (Fsp3) is 0.611. The Morgan fingerprint density at radius 3 is 2.70 bits per heavy atom. The molecular weight excluding hydrogens is 294 g/mol. The molecule has 0 saturated carbocycles. The first kappa shape index (κ1) is 16.4. The molecule has 5 heteroatoms. The first-order valence-electron chi connectivity index (χ1n) is 8.29. The van der Waals surface area contributed by atoms with Crippen molar-refractivity contribution in [1.82, 2.24) is 4.90 Å². The summed E-state index contributed by atoms with van der Waals surface area (Å²) in [6.45, 7) is 5.11. The summed E-state index contributed by atoms with van der Waals surface area (Å²) < 4.78 is 6.03. The molecule has 1 aromatic carbocycles. The summed E-state index contributed by atoms with van der Waals surface area (Å²) in [5.74, 6) is -0.887. The standard InChI is InChI=1S/C18H25NO4/c1-17(22)7-10-23-18(13-17)5-8-19(9-6-18)12-14-3-2-4-15(11-14)16(20)21/h2-4,11,22H,5-10,12-13H2,1H3,(H,20,21). The number of ether oxygens (including phenoxy) is 1. The molecule has 126 valence electrons. The van der Waals surface area contributed by atoms with Crippen LogP contribution in [0.5, 0.6) is 0 Å². The van der Waals surface area contributed by atoms with Gasteiger partial charge in [-0.05, 0) is 43.9 Å². The van der Waals surface area contributed by atoms with Crippen LogP contribution in [0.15, 0.2) is 24.3 Å². The number of aliphatic hydroxyl groups is 1. The Bertz CT molecular complexity index is 576. The van der Waals surface area contributed by atoms with E-state index in [-0.39, 0.29) is 5.60 Å². The molecule has 1 spiro atoms. The molecule has 0 aliphatic carbocycles. The van der Waals surface area contributed by atoms with Gasteiger partial charge in [-0.3, -0.25) is 4.90 Å². The second-order valence-corrected chi connectivity index (χ2v) is 7.24. The third kappa shape index (κ3) is 3.91. The quantitative estimate of drug-likeness (QED) is 0.894. The highest BCUT2D eigenvalue weighted by Crippen LogP contribution is 2.39. The van der Waals surface area contributed by atoms with Crippen molar-refractivity contribution >= 4 is 5.97 Å². The van der Waals surface area contributed by atoms with Gasteiger partial charge in [-0.15, -0.1) is 0 Å². The van der Waals surface area contributed by atoms with Gasteiger partial charge in [0.2, 0.25) is 0 Å². The predicted molar refractivity (Wildman–Crippen MR) is 86.5 cm³/mol. The maximum absolute atomic E-state index is 11.1. The number of piperidine rings is 1. The van der Waals surface area contributed by atoms with E-state index in [0.717, 1.165) is 38.0 Å². The molecule has 1 unspecified atom stereocenters. The van der Waals surface area contributed by atoms with E-state index in [1.807, 2.05) is 13.0 Å². The van der Waals surface area contributed by atoms with Gasteiger partial charge in [0, 0.05) is 26.1 Å². The minimum absolute atomic E-state index is 0.179. The lowest BCUT2D eigenvalue weighted by molar-refractivity contribution is -0.173. The number of rotatable bonds is 3. The second kappa shape index (κ2) is 6.23. The fourth-order valence-corrected chi connectivity index (χ4v) is 3.82. The largest absolute Gasteiger partial charge is 0.478 e. The van der Waals surface area contributed by atoms with Gasteiger partial charge in [0.05, 0.1) is 23.4 Å². The highest BCUT2D eigenvalue weighted by atomic mass is 16.5. The minimum Gasteiger partial charge on any atom is -0.478 e. The lowest BCUT2D eigenvalue weighted by Crippen LogP contribution is -2.53. The van der Waals surface area contributed by atoms with Crippen molar-refractivity contribution in [1.29, 1.82) is 0 Å². The number of likely N-dealkylation sites (tertiary alicyclic amines) is 1. The normalized spacial score (nSPS) is 27.9. The Kier molecular flexibility index (Phi) is 4.45. The Morgan fingerprint density at radius 1 is 1.30 bits per heavy atom. The molecule has 2 aliphatic heterocycles. The van der Waals surface area contributed by atoms with Crippen LogP contribution < -0.4 is 0 Å². The molecule has 0 radical (unpaired) electrons. The van der Waals surface area contributed by atoms with Gasteiger partial charge in [0.25, 0.3) is 0 Å². The van der Waals surface area contributed by atoms with Gasteiger partial charge in [0.15, 0.2) is 0 Å². The Labute approximate surface area is 136 Å². The maximum Gasteiger partial charge on any atom is 0.335 e. The van der Waals surface area contributed by atoms with Crippen molar-refractivity contribution in [3.05, 3.63) is 35.4 Å². The number of hydrogen-bond donors (Lipinski definition) is 2. The summed E-state index contributed by atoms with van der Waals surface area (Å²) in [6, 6.07) is 7.13. The molecule has 2 N–H and O–H groups in total. The summed E-state index contributed by atoms with van der Waals surface area (Å²) in [5, 5.41) is 19.4. The lowest BCUT2D eigenvalue weighted by Gasteiger charge is -2.48. The number of carboxylic acid groups (broad SMARTS) is 1. The molecule has 2 saturated heterocycles. The van der Waals surface area contributed by atoms with Crippen molar-refractivity contribution in [3.63, 3.8) is 0 Å². The van der Waals surface area contributed by atoms with Crippen molar-refractivity contribution in [3.8, 4) is 0 Å². The number of aromatic carboxylic acids is 1. The van der Waals surface area contributed by atoms with Crippen molar-refractivity contribution < 1.29 is 19.7 Å². The average Bonchev–Trinajstić information content (AvgIpc) is 2.49. The zero-order valence-electron chi connectivity index (χ0n) is 13.6. The predicted octanol–water partition coefficient (Wildman–Crippen LogP) is 2.28. The van der Waals surface area contributed by atoms with Gasteiger partial charge < -0.3 is 14.9 Å². The molecule has 23 heavy (non-hydrogen) atoms. The lowest BCUT2D eigenvalue weighted by atomic mass is 9.78. The van der Waals surface area contributed by atoms with E-state index in [9.17, 15) is 9.90 Å². The van der Waals surface area contributed by atoms with Crippen molar-refractivity contribution in [2.75, 3.05) is 19.7 Å². The van der Waals surface area contributed by atoms with Crippen LogP contribution in [-0.2, 0) is 11.3 Å². The molecule has 1 atom stereocenters. The SMILES string of the molecule is CC1(O)CCOC2(CCN(Cc3cccc(C(=O)O)c3)CC2)C1. The number of benzene rings is 1. The smallest absolute Gasteiger partial charge is 0.335 e. The van der Waals surface area contributed by atoms with Crippen LogP contribution in [0.1, 0.15) is 48.5 Å². The zero-order valence-corrected chi connectivity index (χ0v) is 13.6. The topological polar surface area (TPSA) is 70.0 Å². The minimum atomic E-state index is -0.887. The van der Waals surface area contributed by atoms with Crippen LogP contribution in [0.2, 0.25) is 0 Å². The van der Waals surface area contributed by atoms with Crippen LogP contribution in [-0.4, -0.2) is 52.0 Å². The summed E-state index contributed by atoms with van der Waals surface area (Å²) in [4.78, 5) is 13.4. The number of nitrogens with zero attached hydrogens (tertiary/aromatic N) is 1. The Balaban J connectivity index is 1.59. The number of carbonyl (C=O) groups is 1. The van der Waals surface area contributed by atoms with E-state index in [0.29, 0.717) is 25.0 Å². The van der Waals surface area contributed by atoms with Crippen molar-refractivity contribution in [2.45, 2.75) is 50.4 Å². The zero-order chi connectivity index (χ0) is 16.5. The van der Waals surface area contributed by atoms with Crippen molar-refractivity contribution in [2.24, 2.45) is 0 Å². The highest BCUT2D eigenvalue weighted by molar-refractivity contribution is 5.87. The third-order valence-corrected chi connectivity index (χ3v) is 5.10. The van der Waals surface area contributed by atoms with Crippen LogP contribution in [0.3, 0.4) is 0 Å². The van der Waals surface area contributed by atoms with Crippen LogP contribution >= 0.6 is 0 Å². The summed E-state index contributed by atoms with van der Waals surface area (Å²) in [5.41, 5.74) is 0.567. The summed E-state index contributed by atoms with van der Waals surface area (Å²) in [6.07, 6.45) is 3.26. The van der Waals surface area contributed by atoms with E-state index in [4.69, 9.17) is 9.84 Å². The van der Waals surface area contributed by atoms with E-state index in [2.05, 4.69) is 4.90 Å². The van der Waals surface area contributed by atoms with Gasteiger partial charge in [-0.2, -0.15) is 0 Å². The van der Waals surface area contributed by atoms with E-state index in [1.54, 1.807) is 18.2 Å². The van der Waals surface area contributed by atoms with E-state index in [1.165, 1.54) is 0 Å². The first-order valence-corrected chi connectivity index (χ1v) is 8.29. The molecule has 0 aromatic heterocycles. The van der Waals surface area contributed by atoms with Gasteiger partial charge in [-0.25, -0.2) is 4.79 Å². The number of hydrogen-bond acceptors (Lipinski definition) is 4. The summed E-state index contributed by atoms with van der Waals surface area (Å²) >= 11 is 0. The Hall–Kier alpha value is -1.43. The van der Waals surface area contributed by atoms with Gasteiger partial charge in [0.1, 0.15) is 0 Å². The molecule has 2 aliphatic rings. The van der Waals surface area contributed by atoms with Gasteiger partial charge in [-0.1, -0.05) is 12.1 Å². The molecule has 0 amide bonds. The van der Waals surface area contributed by atoms with Crippen LogP contribution in [0.25, 0.3) is 0 Å². The van der Waals surface area contributed by atoms with Crippen LogP contribution in [0, 0.1) is 0 Å². The average molecular weight is 319 g/mol. The van der Waals surface area contributed by atoms with E-state index >= 15 is 0 Å². The molecule has 0 bridgehead atoms. The molecule has 2 fully saturated rings. The second-order valence-electron chi connectivity index (χ2n) is 7.24. The molecule has 2 heterocycles. The first-order chi connectivity index (χ1) is 10.9. The fourth-order valence-electron chi connectivity index (χ4n) is 3.82. The molecular formula is C18H25NO4. The van der Waals surface area contributed by atoms with Gasteiger partial charge >= 0.3 is 5.97 Å². The third-order valence-electron chi connectivity index (χ3n) is 5.10. The highest BCUT2D eigenvalue weighted by Gasteiger charge is 2.44. The Morgan fingerprint density at radius 2 is 2.04 bits per heavy atom. The maximum atomic E-state index is 11.1. The van der Waals surface area contributed by atoms with Crippen LogP contribution in [0.4, 0.5) is 0 Å². The summed E-state index contributed by atoms with van der Waals surface area (Å²) in [7, 11) is 0. The molecule has 1 aromatic rings. The molecule has 5 nitrogen and oxygen atoms in total. The van der Waals surface area contributed by atoms with E-state index < -0.39 is 11.6 Å². The monoisotopic (exact) mass is 319 g/mol. The number of carboxylic acids is 1.